The highest BCUT2D eigenvalue weighted by Gasteiger charge is 2.48. The van der Waals surface area contributed by atoms with Gasteiger partial charge in [0, 0.05) is 17.9 Å². The molecule has 0 saturated heterocycles. The third-order valence-corrected chi connectivity index (χ3v) is 10.8. The second kappa shape index (κ2) is 11.9. The largest absolute Gasteiger partial charge is 0.103 e. The summed E-state index contributed by atoms with van der Waals surface area (Å²) in [5.74, 6) is 0. The second-order valence-corrected chi connectivity index (χ2v) is 14.9. The molecule has 1 aliphatic rings. The number of hydrogen-bond acceptors (Lipinski definition) is 0. The van der Waals surface area contributed by atoms with E-state index in [0.717, 1.165) is 40.1 Å². The highest BCUT2D eigenvalue weighted by molar-refractivity contribution is 9.11. The lowest BCUT2D eigenvalue weighted by Crippen LogP contribution is -2.20. The van der Waals surface area contributed by atoms with Crippen LogP contribution < -0.4 is 0 Å². The van der Waals surface area contributed by atoms with Crippen LogP contribution in [0.3, 0.4) is 0 Å². The molecule has 1 atom stereocenters. The molecule has 5 aromatic rings. The third-order valence-electron chi connectivity index (χ3n) is 7.42. The average molecular weight is 855 g/mol. The Morgan fingerprint density at radius 2 is 0.683 bits per heavy atom. The molecule has 0 fully saturated rings. The topological polar surface area (TPSA) is 0 Å². The molecule has 0 radical (unpaired) electrons. The first-order valence-corrected chi connectivity index (χ1v) is 17.0. The van der Waals surface area contributed by atoms with Crippen molar-refractivity contribution in [3.05, 3.63) is 173 Å². The minimum atomic E-state index is -0.637. The van der Waals surface area contributed by atoms with E-state index < -0.39 is 4.32 Å². The molecule has 0 saturated carbocycles. The van der Waals surface area contributed by atoms with Gasteiger partial charge in [-0.15, -0.1) is 0 Å². The van der Waals surface area contributed by atoms with Crippen molar-refractivity contribution in [3.63, 3.8) is 0 Å². The van der Waals surface area contributed by atoms with E-state index in [-0.39, 0.29) is 0 Å². The van der Waals surface area contributed by atoms with Crippen LogP contribution in [0.15, 0.2) is 139 Å². The van der Waals surface area contributed by atoms with E-state index in [1.54, 1.807) is 0 Å². The number of aryl methyl sites for hydroxylation is 1. The van der Waals surface area contributed by atoms with Gasteiger partial charge in [0.2, 0.25) is 0 Å². The number of allylic oxidation sites excluding steroid dienone is 4. The van der Waals surface area contributed by atoms with E-state index in [9.17, 15) is 0 Å². The fourth-order valence-corrected chi connectivity index (χ4v) is 7.70. The average Bonchev–Trinajstić information content (AvgIpc) is 3.25. The second-order valence-electron chi connectivity index (χ2n) is 10.1. The lowest BCUT2D eigenvalue weighted by molar-refractivity contribution is 1.07. The molecule has 6 rings (SSSR count). The Morgan fingerprint density at radius 3 is 1.05 bits per heavy atom. The fraction of sp³-hybridized carbons (Fsp3) is 0.0556. The Balaban J connectivity index is 1.81. The quantitative estimate of drug-likeness (QED) is 0.155. The van der Waals surface area contributed by atoms with Gasteiger partial charge >= 0.3 is 0 Å². The smallest absolute Gasteiger partial charge is 0.0695 e. The van der Waals surface area contributed by atoms with E-state index in [1.165, 1.54) is 33.4 Å². The molecular weight excluding hydrogens is 832 g/mol. The molecule has 0 amide bonds. The molecule has 0 N–H and O–H groups in total. The Hall–Kier alpha value is -2.02. The predicted molar refractivity (Wildman–Crippen MR) is 192 cm³/mol. The first-order valence-electron chi connectivity index (χ1n) is 13.1. The van der Waals surface area contributed by atoms with Crippen molar-refractivity contribution < 1.29 is 0 Å². The maximum absolute atomic E-state index is 4.47. The highest BCUT2D eigenvalue weighted by Crippen LogP contribution is 2.65. The minimum absolute atomic E-state index is 0.637. The Kier molecular flexibility index (Phi) is 8.46. The lowest BCUT2D eigenvalue weighted by atomic mass is 9.80. The summed E-state index contributed by atoms with van der Waals surface area (Å²) in [5.41, 5.74) is 11.9. The highest BCUT2D eigenvalue weighted by atomic mass is 79.9. The van der Waals surface area contributed by atoms with E-state index in [4.69, 9.17) is 0 Å². The molecule has 0 heterocycles. The Labute approximate surface area is 283 Å². The van der Waals surface area contributed by atoms with Crippen molar-refractivity contribution >= 4 is 102 Å². The van der Waals surface area contributed by atoms with Gasteiger partial charge in [0.05, 0.1) is 0 Å². The fourth-order valence-electron chi connectivity index (χ4n) is 5.52. The van der Waals surface area contributed by atoms with Gasteiger partial charge in [-0.25, -0.2) is 0 Å². The van der Waals surface area contributed by atoms with Crippen molar-refractivity contribution in [3.8, 4) is 0 Å². The molecule has 0 spiro atoms. The van der Waals surface area contributed by atoms with Gasteiger partial charge in [-0.1, -0.05) is 158 Å². The summed E-state index contributed by atoms with van der Waals surface area (Å²) in [7, 11) is 0. The summed E-state index contributed by atoms with van der Waals surface area (Å²) >= 11 is 19.1. The SMILES string of the molecule is Cc1ccc(C2=C(c3ccc(Br)cc3)C(c3ccc(Br)cc3)=C(c3ccc(Br)cc3)C2(Br)c2ccc(Br)cc2)cc1. The minimum Gasteiger partial charge on any atom is -0.0695 e. The van der Waals surface area contributed by atoms with Gasteiger partial charge in [-0.05, 0) is 106 Å². The summed E-state index contributed by atoms with van der Waals surface area (Å²) in [6.45, 7) is 2.14. The molecule has 1 aliphatic carbocycles. The van der Waals surface area contributed by atoms with E-state index in [1.807, 2.05) is 0 Å². The zero-order chi connectivity index (χ0) is 28.7. The van der Waals surface area contributed by atoms with E-state index in [2.05, 4.69) is 208 Å². The summed E-state index contributed by atoms with van der Waals surface area (Å²) in [4.78, 5) is 0. The van der Waals surface area contributed by atoms with Gasteiger partial charge in [0.15, 0.2) is 0 Å². The molecule has 0 aromatic heterocycles. The zero-order valence-electron chi connectivity index (χ0n) is 21.9. The summed E-state index contributed by atoms with van der Waals surface area (Å²) in [6, 6.07) is 43.6. The van der Waals surface area contributed by atoms with Crippen LogP contribution in [0, 0.1) is 6.92 Å². The molecule has 1 unspecified atom stereocenters. The summed E-state index contributed by atoms with van der Waals surface area (Å²) < 4.78 is 3.56. The first kappa shape index (κ1) is 29.1. The van der Waals surface area contributed by atoms with Gasteiger partial charge in [0.25, 0.3) is 0 Å². The van der Waals surface area contributed by atoms with Crippen molar-refractivity contribution in [2.24, 2.45) is 0 Å². The monoisotopic (exact) mass is 850 g/mol. The maximum atomic E-state index is 4.47. The Morgan fingerprint density at radius 1 is 0.390 bits per heavy atom. The molecular formula is C36H23Br5. The van der Waals surface area contributed by atoms with Crippen LogP contribution in [0.5, 0.6) is 0 Å². The molecule has 5 heteroatoms. The van der Waals surface area contributed by atoms with Gasteiger partial charge in [-0.2, -0.15) is 0 Å². The lowest BCUT2D eigenvalue weighted by Gasteiger charge is -2.32. The van der Waals surface area contributed by atoms with Crippen LogP contribution >= 0.6 is 79.6 Å². The van der Waals surface area contributed by atoms with Crippen LogP contribution in [0.1, 0.15) is 33.4 Å². The molecule has 41 heavy (non-hydrogen) atoms. The van der Waals surface area contributed by atoms with Gasteiger partial charge < -0.3 is 0 Å². The molecule has 0 aliphatic heterocycles. The Bertz CT molecular complexity index is 1670. The predicted octanol–water partition coefficient (Wildman–Crippen LogP) is 12.9. The number of rotatable bonds is 5. The number of alkyl halides is 1. The molecule has 0 nitrogen and oxygen atoms in total. The standard InChI is InChI=1S/C36H23Br5/c1-22-2-4-25(5-3-22)34-32(23-6-14-28(37)15-7-23)33(24-8-16-29(38)17-9-24)35(26-10-18-30(39)19-11-26)36(34,41)27-12-20-31(40)21-13-27/h2-21H,1H3. The van der Waals surface area contributed by atoms with E-state index >= 15 is 0 Å². The molecule has 5 aromatic carbocycles. The van der Waals surface area contributed by atoms with Crippen LogP contribution in [-0.4, -0.2) is 0 Å². The normalized spacial score (nSPS) is 16.9. The summed E-state index contributed by atoms with van der Waals surface area (Å²) in [5, 5.41) is 0. The molecule has 0 bridgehead atoms. The number of hydrogen-bond donors (Lipinski definition) is 0. The van der Waals surface area contributed by atoms with Gasteiger partial charge in [-0.3, -0.25) is 0 Å². The van der Waals surface area contributed by atoms with Crippen molar-refractivity contribution in [1.82, 2.24) is 0 Å². The van der Waals surface area contributed by atoms with Crippen molar-refractivity contribution in [2.45, 2.75) is 11.2 Å². The first-order chi connectivity index (χ1) is 19.8. The van der Waals surface area contributed by atoms with Crippen molar-refractivity contribution in [2.75, 3.05) is 0 Å². The zero-order valence-corrected chi connectivity index (χ0v) is 29.9. The number of halogens is 5. The third kappa shape index (κ3) is 5.57. The van der Waals surface area contributed by atoms with Crippen LogP contribution in [-0.2, 0) is 4.32 Å². The molecule has 202 valence electrons. The number of benzene rings is 5. The van der Waals surface area contributed by atoms with Crippen LogP contribution in [0.2, 0.25) is 0 Å². The van der Waals surface area contributed by atoms with Crippen molar-refractivity contribution in [1.29, 1.82) is 0 Å². The maximum Gasteiger partial charge on any atom is 0.103 e. The van der Waals surface area contributed by atoms with Crippen LogP contribution in [0.4, 0.5) is 0 Å². The van der Waals surface area contributed by atoms with Gasteiger partial charge in [0.1, 0.15) is 4.32 Å². The van der Waals surface area contributed by atoms with Crippen LogP contribution in [0.25, 0.3) is 22.3 Å². The summed E-state index contributed by atoms with van der Waals surface area (Å²) in [6.07, 6.45) is 0. The van der Waals surface area contributed by atoms with E-state index in [0.29, 0.717) is 0 Å².